The standard InChI is InChI=1S/C9H14N4OS/c1-9(2-4-10-5-3-9)12-8(14)7-6-11-15-13-7/h6,10H,2-5H2,1H3,(H,12,14). The molecular formula is C9H14N4OS. The Morgan fingerprint density at radius 3 is 2.93 bits per heavy atom. The molecule has 0 saturated carbocycles. The fourth-order valence-electron chi connectivity index (χ4n) is 1.71. The first-order chi connectivity index (χ1) is 7.20. The summed E-state index contributed by atoms with van der Waals surface area (Å²) in [6, 6.07) is 0. The van der Waals surface area contributed by atoms with E-state index in [4.69, 9.17) is 0 Å². The molecule has 2 heterocycles. The highest BCUT2D eigenvalue weighted by Crippen LogP contribution is 2.17. The Morgan fingerprint density at radius 2 is 2.33 bits per heavy atom. The molecule has 5 nitrogen and oxygen atoms in total. The summed E-state index contributed by atoms with van der Waals surface area (Å²) in [4.78, 5) is 11.8. The molecule has 1 amide bonds. The summed E-state index contributed by atoms with van der Waals surface area (Å²) >= 11 is 1.06. The third-order valence-corrected chi connectivity index (χ3v) is 3.19. The molecule has 0 atom stereocenters. The second-order valence-electron chi connectivity index (χ2n) is 4.06. The highest BCUT2D eigenvalue weighted by atomic mass is 32.1. The lowest BCUT2D eigenvalue weighted by Gasteiger charge is -2.34. The lowest BCUT2D eigenvalue weighted by molar-refractivity contribution is 0.0883. The molecule has 6 heteroatoms. The van der Waals surface area contributed by atoms with Gasteiger partial charge in [0.1, 0.15) is 0 Å². The van der Waals surface area contributed by atoms with Gasteiger partial charge in [-0.05, 0) is 32.9 Å². The Kier molecular flexibility index (Phi) is 2.97. The highest BCUT2D eigenvalue weighted by Gasteiger charge is 2.29. The van der Waals surface area contributed by atoms with E-state index in [1.165, 1.54) is 6.20 Å². The van der Waals surface area contributed by atoms with Gasteiger partial charge in [-0.2, -0.15) is 8.75 Å². The van der Waals surface area contributed by atoms with E-state index < -0.39 is 0 Å². The van der Waals surface area contributed by atoms with Crippen LogP contribution in [0, 0.1) is 0 Å². The van der Waals surface area contributed by atoms with Crippen LogP contribution in [0.15, 0.2) is 6.20 Å². The predicted molar refractivity (Wildman–Crippen MR) is 57.9 cm³/mol. The van der Waals surface area contributed by atoms with Crippen molar-refractivity contribution in [2.45, 2.75) is 25.3 Å². The van der Waals surface area contributed by atoms with Crippen molar-refractivity contribution in [3.63, 3.8) is 0 Å². The van der Waals surface area contributed by atoms with Crippen molar-refractivity contribution in [3.8, 4) is 0 Å². The van der Waals surface area contributed by atoms with Crippen LogP contribution in [0.2, 0.25) is 0 Å². The molecule has 0 spiro atoms. The molecule has 0 bridgehead atoms. The Bertz CT molecular complexity index is 332. The largest absolute Gasteiger partial charge is 0.345 e. The minimum atomic E-state index is -0.117. The van der Waals surface area contributed by atoms with Gasteiger partial charge in [-0.25, -0.2) is 0 Å². The zero-order chi connectivity index (χ0) is 10.7. The van der Waals surface area contributed by atoms with E-state index in [0.29, 0.717) is 5.69 Å². The maximum absolute atomic E-state index is 11.8. The van der Waals surface area contributed by atoms with Gasteiger partial charge in [0.05, 0.1) is 17.9 Å². The molecule has 1 aliphatic heterocycles. The van der Waals surface area contributed by atoms with Crippen molar-refractivity contribution in [2.75, 3.05) is 13.1 Å². The fourth-order valence-corrected chi connectivity index (χ4v) is 2.12. The van der Waals surface area contributed by atoms with Gasteiger partial charge in [-0.15, -0.1) is 0 Å². The van der Waals surface area contributed by atoms with Gasteiger partial charge in [0.15, 0.2) is 5.69 Å². The number of piperidine rings is 1. The number of amides is 1. The SMILES string of the molecule is CC1(NC(=O)c2cnsn2)CCNCC1. The molecule has 1 aromatic rings. The van der Waals surface area contributed by atoms with Gasteiger partial charge in [0, 0.05) is 5.54 Å². The molecule has 0 radical (unpaired) electrons. The van der Waals surface area contributed by atoms with Gasteiger partial charge in [0.2, 0.25) is 0 Å². The Labute approximate surface area is 92.6 Å². The maximum Gasteiger partial charge on any atom is 0.273 e. The topological polar surface area (TPSA) is 66.9 Å². The van der Waals surface area contributed by atoms with E-state index >= 15 is 0 Å². The summed E-state index contributed by atoms with van der Waals surface area (Å²) in [5.74, 6) is -0.117. The molecular weight excluding hydrogens is 212 g/mol. The Balaban J connectivity index is 1.98. The first kappa shape index (κ1) is 10.5. The van der Waals surface area contributed by atoms with Crippen molar-refractivity contribution >= 4 is 17.6 Å². The monoisotopic (exact) mass is 226 g/mol. The van der Waals surface area contributed by atoms with Gasteiger partial charge < -0.3 is 10.6 Å². The minimum absolute atomic E-state index is 0.105. The van der Waals surface area contributed by atoms with Crippen LogP contribution < -0.4 is 10.6 Å². The summed E-state index contributed by atoms with van der Waals surface area (Å²) in [5, 5.41) is 6.29. The van der Waals surface area contributed by atoms with Crippen LogP contribution in [0.25, 0.3) is 0 Å². The number of carbonyl (C=O) groups excluding carboxylic acids is 1. The molecule has 82 valence electrons. The predicted octanol–water partition coefficient (Wildman–Crippen LogP) is 0.410. The van der Waals surface area contributed by atoms with E-state index in [1.807, 2.05) is 0 Å². The number of carbonyl (C=O) groups is 1. The number of nitrogens with zero attached hydrogens (tertiary/aromatic N) is 2. The zero-order valence-corrected chi connectivity index (χ0v) is 9.43. The third kappa shape index (κ3) is 2.51. The minimum Gasteiger partial charge on any atom is -0.345 e. The van der Waals surface area contributed by atoms with E-state index in [2.05, 4.69) is 26.3 Å². The fraction of sp³-hybridized carbons (Fsp3) is 0.667. The van der Waals surface area contributed by atoms with Gasteiger partial charge in [-0.1, -0.05) is 0 Å². The summed E-state index contributed by atoms with van der Waals surface area (Å²) < 4.78 is 7.73. The maximum atomic E-state index is 11.8. The number of rotatable bonds is 2. The van der Waals surface area contributed by atoms with E-state index in [0.717, 1.165) is 37.7 Å². The molecule has 1 fully saturated rings. The van der Waals surface area contributed by atoms with Crippen LogP contribution in [-0.2, 0) is 0 Å². The molecule has 1 aliphatic rings. The van der Waals surface area contributed by atoms with Gasteiger partial charge >= 0.3 is 0 Å². The van der Waals surface area contributed by atoms with Crippen molar-refractivity contribution in [2.24, 2.45) is 0 Å². The van der Waals surface area contributed by atoms with Crippen molar-refractivity contribution < 1.29 is 4.79 Å². The number of nitrogens with one attached hydrogen (secondary N) is 2. The summed E-state index contributed by atoms with van der Waals surface area (Å²) in [7, 11) is 0. The smallest absolute Gasteiger partial charge is 0.273 e. The second kappa shape index (κ2) is 4.24. The average Bonchev–Trinajstić information content (AvgIpc) is 2.70. The van der Waals surface area contributed by atoms with Crippen LogP contribution in [0.4, 0.5) is 0 Å². The molecule has 0 unspecified atom stereocenters. The van der Waals surface area contributed by atoms with Gasteiger partial charge in [0.25, 0.3) is 5.91 Å². The van der Waals surface area contributed by atoms with E-state index in [1.54, 1.807) is 0 Å². The summed E-state index contributed by atoms with van der Waals surface area (Å²) in [6.45, 7) is 3.98. The Hall–Kier alpha value is -1.01. The molecule has 1 aromatic heterocycles. The number of hydrogen-bond acceptors (Lipinski definition) is 5. The molecule has 0 aromatic carbocycles. The summed E-state index contributed by atoms with van der Waals surface area (Å²) in [6.07, 6.45) is 3.41. The molecule has 0 aliphatic carbocycles. The van der Waals surface area contributed by atoms with Crippen LogP contribution in [-0.4, -0.2) is 33.3 Å². The lowest BCUT2D eigenvalue weighted by atomic mass is 9.90. The van der Waals surface area contributed by atoms with Crippen molar-refractivity contribution in [1.82, 2.24) is 19.4 Å². The van der Waals surface area contributed by atoms with Crippen LogP contribution in [0.5, 0.6) is 0 Å². The zero-order valence-electron chi connectivity index (χ0n) is 8.62. The lowest BCUT2D eigenvalue weighted by Crippen LogP contribution is -2.52. The van der Waals surface area contributed by atoms with E-state index in [-0.39, 0.29) is 11.4 Å². The first-order valence-electron chi connectivity index (χ1n) is 5.00. The molecule has 2 N–H and O–H groups in total. The van der Waals surface area contributed by atoms with Gasteiger partial charge in [-0.3, -0.25) is 4.79 Å². The molecule has 2 rings (SSSR count). The van der Waals surface area contributed by atoms with Crippen LogP contribution in [0.3, 0.4) is 0 Å². The molecule has 15 heavy (non-hydrogen) atoms. The second-order valence-corrected chi connectivity index (χ2v) is 4.61. The van der Waals surface area contributed by atoms with Crippen molar-refractivity contribution in [3.05, 3.63) is 11.9 Å². The van der Waals surface area contributed by atoms with E-state index in [9.17, 15) is 4.79 Å². The highest BCUT2D eigenvalue weighted by molar-refractivity contribution is 6.99. The number of aromatic nitrogens is 2. The summed E-state index contributed by atoms with van der Waals surface area (Å²) in [5.41, 5.74) is 0.311. The molecule has 1 saturated heterocycles. The van der Waals surface area contributed by atoms with Crippen LogP contribution in [0.1, 0.15) is 30.3 Å². The normalized spacial score (nSPS) is 19.8. The Morgan fingerprint density at radius 1 is 1.60 bits per heavy atom. The quantitative estimate of drug-likeness (QED) is 0.766. The van der Waals surface area contributed by atoms with Crippen LogP contribution >= 0.6 is 11.7 Å². The number of hydrogen-bond donors (Lipinski definition) is 2. The third-order valence-electron chi connectivity index (χ3n) is 2.72. The van der Waals surface area contributed by atoms with Crippen molar-refractivity contribution in [1.29, 1.82) is 0 Å². The first-order valence-corrected chi connectivity index (χ1v) is 5.73. The average molecular weight is 226 g/mol.